The quantitative estimate of drug-likeness (QED) is 0.728. The standard InChI is InChI=1S/C23H21N3O3/c1-29-20-7-4-16(5-8-20)13-22(27)25-19-6-9-21-17(14-19)10-12-26(21)23(28)18-3-2-11-24-15-18/h2-9,11,14-15H,10,12-13H2,1H3,(H,25,27). The van der Waals surface area contributed by atoms with Gasteiger partial charge in [0, 0.05) is 30.3 Å². The van der Waals surface area contributed by atoms with Crippen LogP contribution in [0, 0.1) is 0 Å². The third-order valence-electron chi connectivity index (χ3n) is 4.94. The van der Waals surface area contributed by atoms with Crippen molar-refractivity contribution in [2.75, 3.05) is 23.9 Å². The Kier molecular flexibility index (Phi) is 5.24. The van der Waals surface area contributed by atoms with E-state index in [-0.39, 0.29) is 18.2 Å². The van der Waals surface area contributed by atoms with Gasteiger partial charge in [0.2, 0.25) is 5.91 Å². The van der Waals surface area contributed by atoms with Crippen LogP contribution in [0.2, 0.25) is 0 Å². The minimum atomic E-state index is -0.0867. The van der Waals surface area contributed by atoms with Gasteiger partial charge in [0.15, 0.2) is 0 Å². The summed E-state index contributed by atoms with van der Waals surface area (Å²) in [6.07, 6.45) is 4.26. The summed E-state index contributed by atoms with van der Waals surface area (Å²) in [5.74, 6) is 0.614. The van der Waals surface area contributed by atoms with Gasteiger partial charge in [0.25, 0.3) is 5.91 Å². The molecule has 0 radical (unpaired) electrons. The first-order valence-corrected chi connectivity index (χ1v) is 9.41. The third-order valence-corrected chi connectivity index (χ3v) is 4.94. The molecule has 0 spiro atoms. The number of benzene rings is 2. The Morgan fingerprint density at radius 1 is 1.14 bits per heavy atom. The molecule has 2 aromatic carbocycles. The molecule has 1 aliphatic heterocycles. The molecule has 2 amide bonds. The van der Waals surface area contributed by atoms with Crippen LogP contribution >= 0.6 is 0 Å². The van der Waals surface area contributed by atoms with Gasteiger partial charge in [-0.1, -0.05) is 12.1 Å². The van der Waals surface area contributed by atoms with E-state index >= 15 is 0 Å². The normalized spacial score (nSPS) is 12.4. The summed E-state index contributed by atoms with van der Waals surface area (Å²) in [4.78, 5) is 30.9. The Bertz CT molecular complexity index is 1030. The summed E-state index contributed by atoms with van der Waals surface area (Å²) in [6.45, 7) is 0.617. The number of ether oxygens (including phenoxy) is 1. The third kappa shape index (κ3) is 4.11. The Labute approximate surface area is 169 Å². The van der Waals surface area contributed by atoms with Crippen molar-refractivity contribution in [2.45, 2.75) is 12.8 Å². The second kappa shape index (κ2) is 8.14. The molecule has 0 saturated carbocycles. The average Bonchev–Trinajstić information content (AvgIpc) is 3.17. The number of fused-ring (bicyclic) bond motifs is 1. The molecule has 4 rings (SSSR count). The number of anilines is 2. The molecule has 6 nitrogen and oxygen atoms in total. The lowest BCUT2D eigenvalue weighted by Gasteiger charge is -2.17. The number of aromatic nitrogens is 1. The van der Waals surface area contributed by atoms with Crippen LogP contribution in [0.4, 0.5) is 11.4 Å². The van der Waals surface area contributed by atoms with Crippen LogP contribution < -0.4 is 15.0 Å². The molecule has 1 N–H and O–H groups in total. The van der Waals surface area contributed by atoms with E-state index in [0.717, 1.165) is 34.7 Å². The zero-order chi connectivity index (χ0) is 20.2. The number of methoxy groups -OCH3 is 1. The zero-order valence-electron chi connectivity index (χ0n) is 16.1. The van der Waals surface area contributed by atoms with Crippen LogP contribution in [-0.4, -0.2) is 30.5 Å². The molecular weight excluding hydrogens is 366 g/mol. The number of rotatable bonds is 5. The van der Waals surface area contributed by atoms with Crippen molar-refractivity contribution < 1.29 is 14.3 Å². The number of pyridine rings is 1. The van der Waals surface area contributed by atoms with Crippen molar-refractivity contribution in [3.8, 4) is 5.75 Å². The molecule has 2 heterocycles. The molecule has 1 aliphatic rings. The monoisotopic (exact) mass is 387 g/mol. The maximum Gasteiger partial charge on any atom is 0.259 e. The number of carbonyl (C=O) groups is 2. The summed E-state index contributed by atoms with van der Waals surface area (Å²) >= 11 is 0. The topological polar surface area (TPSA) is 71.5 Å². The first kappa shape index (κ1) is 18.7. The Morgan fingerprint density at radius 3 is 2.69 bits per heavy atom. The summed E-state index contributed by atoms with van der Waals surface area (Å²) in [5.41, 5.74) is 4.14. The lowest BCUT2D eigenvalue weighted by molar-refractivity contribution is -0.115. The smallest absolute Gasteiger partial charge is 0.259 e. The maximum atomic E-state index is 12.7. The SMILES string of the molecule is COc1ccc(CC(=O)Nc2ccc3c(c2)CCN3C(=O)c2cccnc2)cc1. The van der Waals surface area contributed by atoms with Gasteiger partial charge in [0.05, 0.1) is 19.1 Å². The summed E-state index contributed by atoms with van der Waals surface area (Å²) in [7, 11) is 1.61. The predicted molar refractivity (Wildman–Crippen MR) is 111 cm³/mol. The fourth-order valence-electron chi connectivity index (χ4n) is 3.47. The van der Waals surface area contributed by atoms with Crippen molar-refractivity contribution in [3.63, 3.8) is 0 Å². The lowest BCUT2D eigenvalue weighted by atomic mass is 10.1. The van der Waals surface area contributed by atoms with Gasteiger partial charge in [-0.05, 0) is 60.0 Å². The van der Waals surface area contributed by atoms with Crippen molar-refractivity contribution in [1.82, 2.24) is 4.98 Å². The van der Waals surface area contributed by atoms with Crippen LogP contribution in [-0.2, 0) is 17.6 Å². The first-order valence-electron chi connectivity index (χ1n) is 9.41. The zero-order valence-corrected chi connectivity index (χ0v) is 16.1. The van der Waals surface area contributed by atoms with E-state index in [1.54, 1.807) is 36.5 Å². The van der Waals surface area contributed by atoms with Crippen LogP contribution in [0.15, 0.2) is 67.0 Å². The van der Waals surface area contributed by atoms with Crippen molar-refractivity contribution in [2.24, 2.45) is 0 Å². The number of nitrogens with zero attached hydrogens (tertiary/aromatic N) is 2. The lowest BCUT2D eigenvalue weighted by Crippen LogP contribution is -2.28. The van der Waals surface area contributed by atoms with E-state index in [9.17, 15) is 9.59 Å². The largest absolute Gasteiger partial charge is 0.497 e. The number of hydrogen-bond donors (Lipinski definition) is 1. The highest BCUT2D eigenvalue weighted by molar-refractivity contribution is 6.07. The fraction of sp³-hybridized carbons (Fsp3) is 0.174. The van der Waals surface area contributed by atoms with Gasteiger partial charge in [-0.3, -0.25) is 14.6 Å². The maximum absolute atomic E-state index is 12.7. The number of nitrogens with one attached hydrogen (secondary N) is 1. The fourth-order valence-corrected chi connectivity index (χ4v) is 3.47. The molecule has 0 saturated heterocycles. The van der Waals surface area contributed by atoms with E-state index < -0.39 is 0 Å². The number of hydrogen-bond acceptors (Lipinski definition) is 4. The molecule has 0 unspecified atom stereocenters. The molecule has 0 fully saturated rings. The van der Waals surface area contributed by atoms with Gasteiger partial charge in [0.1, 0.15) is 5.75 Å². The van der Waals surface area contributed by atoms with E-state index in [1.807, 2.05) is 42.5 Å². The van der Waals surface area contributed by atoms with Crippen LogP contribution in [0.3, 0.4) is 0 Å². The Morgan fingerprint density at radius 2 is 1.97 bits per heavy atom. The number of carbonyl (C=O) groups excluding carboxylic acids is 2. The minimum Gasteiger partial charge on any atom is -0.497 e. The molecule has 29 heavy (non-hydrogen) atoms. The highest BCUT2D eigenvalue weighted by Crippen LogP contribution is 2.31. The van der Waals surface area contributed by atoms with Crippen molar-refractivity contribution in [3.05, 3.63) is 83.7 Å². The summed E-state index contributed by atoms with van der Waals surface area (Å²) in [6, 6.07) is 16.6. The molecule has 0 aliphatic carbocycles. The van der Waals surface area contributed by atoms with Gasteiger partial charge in [-0.2, -0.15) is 0 Å². The van der Waals surface area contributed by atoms with Crippen LogP contribution in [0.1, 0.15) is 21.5 Å². The van der Waals surface area contributed by atoms with Crippen molar-refractivity contribution in [1.29, 1.82) is 0 Å². The Balaban J connectivity index is 1.43. The van der Waals surface area contributed by atoms with E-state index in [4.69, 9.17) is 4.74 Å². The highest BCUT2D eigenvalue weighted by atomic mass is 16.5. The minimum absolute atomic E-state index is 0.0619. The van der Waals surface area contributed by atoms with Crippen LogP contribution in [0.5, 0.6) is 5.75 Å². The number of amides is 2. The predicted octanol–water partition coefficient (Wildman–Crippen LogP) is 3.47. The molecular formula is C23H21N3O3. The second-order valence-electron chi connectivity index (χ2n) is 6.87. The molecule has 1 aromatic heterocycles. The van der Waals surface area contributed by atoms with E-state index in [0.29, 0.717) is 12.1 Å². The van der Waals surface area contributed by atoms with Crippen molar-refractivity contribution >= 4 is 23.2 Å². The van der Waals surface area contributed by atoms with Crippen LogP contribution in [0.25, 0.3) is 0 Å². The van der Waals surface area contributed by atoms with Gasteiger partial charge >= 0.3 is 0 Å². The van der Waals surface area contributed by atoms with E-state index in [2.05, 4.69) is 10.3 Å². The molecule has 0 bridgehead atoms. The molecule has 0 atom stereocenters. The second-order valence-corrected chi connectivity index (χ2v) is 6.87. The van der Waals surface area contributed by atoms with E-state index in [1.165, 1.54) is 0 Å². The average molecular weight is 387 g/mol. The summed E-state index contributed by atoms with van der Waals surface area (Å²) < 4.78 is 5.13. The van der Waals surface area contributed by atoms with Gasteiger partial charge in [-0.15, -0.1) is 0 Å². The molecule has 6 heteroatoms. The first-order chi connectivity index (χ1) is 14.1. The molecule has 146 valence electrons. The summed E-state index contributed by atoms with van der Waals surface area (Å²) in [5, 5.41) is 2.94. The Hall–Kier alpha value is -3.67. The highest BCUT2D eigenvalue weighted by Gasteiger charge is 2.26. The van der Waals surface area contributed by atoms with Gasteiger partial charge < -0.3 is 15.0 Å². The molecule has 3 aromatic rings. The van der Waals surface area contributed by atoms with Gasteiger partial charge in [-0.25, -0.2) is 0 Å².